The maximum Gasteiger partial charge on any atom is 0.306 e. The zero-order valence-corrected chi connectivity index (χ0v) is 37.1. The van der Waals surface area contributed by atoms with E-state index in [1.165, 1.54) is 96.3 Å². The smallest absolute Gasteiger partial charge is 0.306 e. The first-order valence-corrected chi connectivity index (χ1v) is 23.9. The summed E-state index contributed by atoms with van der Waals surface area (Å²) in [5.41, 5.74) is 0. The summed E-state index contributed by atoms with van der Waals surface area (Å²) in [4.78, 5) is 37.5. The molecule has 0 aliphatic rings. The number of hydrogen-bond acceptors (Lipinski definition) is 9. The third-order valence-corrected chi connectivity index (χ3v) is 10.8. The van der Waals surface area contributed by atoms with E-state index >= 15 is 0 Å². The lowest BCUT2D eigenvalue weighted by molar-refractivity contribution is -0.870. The number of likely N-dealkylation sites (N-methyl/N-ethyl adjacent to an activating group) is 1. The first kappa shape index (κ1) is 53.7. The number of hydrogen-bond donors (Lipinski definition) is 1. The molecule has 0 radical (unpaired) electrons. The molecule has 0 fully saturated rings. The van der Waals surface area contributed by atoms with Crippen LogP contribution >= 0.6 is 7.82 Å². The van der Waals surface area contributed by atoms with Crippen molar-refractivity contribution < 1.29 is 47.2 Å². The van der Waals surface area contributed by atoms with Gasteiger partial charge >= 0.3 is 11.9 Å². The van der Waals surface area contributed by atoms with E-state index in [1.54, 1.807) is 0 Å². The molecule has 0 rings (SSSR count). The predicted octanol–water partition coefficient (Wildman–Crippen LogP) is 10.9. The number of aliphatic hydroxyl groups is 1. The van der Waals surface area contributed by atoms with E-state index in [9.17, 15) is 24.2 Å². The number of esters is 2. The second-order valence-electron chi connectivity index (χ2n) is 16.6. The van der Waals surface area contributed by atoms with Crippen LogP contribution in [0.2, 0.25) is 0 Å². The maximum absolute atomic E-state index is 12.7. The molecule has 0 aliphatic heterocycles. The number of carbonyl (C=O) groups excluding carboxylic acids is 2. The van der Waals surface area contributed by atoms with Crippen molar-refractivity contribution in [3.63, 3.8) is 0 Å². The van der Waals surface area contributed by atoms with Gasteiger partial charge in [-0.05, 0) is 38.5 Å². The van der Waals surface area contributed by atoms with Crippen molar-refractivity contribution >= 4 is 19.8 Å². The molecule has 0 saturated heterocycles. The van der Waals surface area contributed by atoms with Gasteiger partial charge in [0.05, 0.1) is 33.9 Å². The number of allylic oxidation sites excluding steroid dienone is 1. The second kappa shape index (κ2) is 37.0. The van der Waals surface area contributed by atoms with E-state index in [2.05, 4.69) is 26.0 Å². The fourth-order valence-corrected chi connectivity index (χ4v) is 6.98. The minimum atomic E-state index is -4.64. The molecule has 0 aromatic heterocycles. The topological polar surface area (TPSA) is 131 Å². The monoisotopic (exact) mass is 804 g/mol. The lowest BCUT2D eigenvalue weighted by Crippen LogP contribution is -2.37. The van der Waals surface area contributed by atoms with Crippen molar-refractivity contribution in [1.82, 2.24) is 0 Å². The summed E-state index contributed by atoms with van der Waals surface area (Å²) in [6, 6.07) is 0. The summed E-state index contributed by atoms with van der Waals surface area (Å²) >= 11 is 0. The van der Waals surface area contributed by atoms with Gasteiger partial charge in [-0.25, -0.2) is 0 Å². The number of ether oxygens (including phenoxy) is 2. The number of quaternary nitrogens is 1. The molecule has 3 atom stereocenters. The van der Waals surface area contributed by atoms with Gasteiger partial charge in [-0.15, -0.1) is 0 Å². The van der Waals surface area contributed by atoms with Crippen LogP contribution in [0.15, 0.2) is 12.2 Å². The highest BCUT2D eigenvalue weighted by Crippen LogP contribution is 2.38. The highest BCUT2D eigenvalue weighted by Gasteiger charge is 2.21. The number of phosphoric acid groups is 1. The van der Waals surface area contributed by atoms with E-state index in [0.717, 1.165) is 70.6 Å². The molecule has 0 aromatic carbocycles. The van der Waals surface area contributed by atoms with Crippen LogP contribution in [0.25, 0.3) is 0 Å². The first-order valence-electron chi connectivity index (χ1n) is 22.5. The van der Waals surface area contributed by atoms with Crippen LogP contribution in [0.3, 0.4) is 0 Å². The molecule has 0 saturated carbocycles. The summed E-state index contributed by atoms with van der Waals surface area (Å²) < 4.78 is 33.9. The highest BCUT2D eigenvalue weighted by molar-refractivity contribution is 7.45. The predicted molar refractivity (Wildman–Crippen MR) is 224 cm³/mol. The Morgan fingerprint density at radius 3 is 1.64 bits per heavy atom. The van der Waals surface area contributed by atoms with E-state index in [0.29, 0.717) is 17.4 Å². The summed E-state index contributed by atoms with van der Waals surface area (Å²) in [7, 11) is 1.13. The number of aliphatic hydroxyl groups excluding tert-OH is 1. The van der Waals surface area contributed by atoms with Crippen LogP contribution in [0.4, 0.5) is 0 Å². The summed E-state index contributed by atoms with van der Waals surface area (Å²) in [6.45, 7) is 4.12. The van der Waals surface area contributed by atoms with Crippen LogP contribution in [0.1, 0.15) is 200 Å². The van der Waals surface area contributed by atoms with Crippen molar-refractivity contribution in [2.75, 3.05) is 47.5 Å². The molecule has 0 amide bonds. The minimum absolute atomic E-state index is 0.0416. The Morgan fingerprint density at radius 1 is 0.636 bits per heavy atom. The van der Waals surface area contributed by atoms with Crippen molar-refractivity contribution in [3.8, 4) is 0 Å². The van der Waals surface area contributed by atoms with Gasteiger partial charge in [-0.3, -0.25) is 14.2 Å². The zero-order chi connectivity index (χ0) is 40.9. The van der Waals surface area contributed by atoms with Crippen molar-refractivity contribution in [2.24, 2.45) is 0 Å². The van der Waals surface area contributed by atoms with Crippen molar-refractivity contribution in [3.05, 3.63) is 12.2 Å². The fourth-order valence-electron chi connectivity index (χ4n) is 6.26. The third kappa shape index (κ3) is 40.7. The van der Waals surface area contributed by atoms with Crippen molar-refractivity contribution in [1.29, 1.82) is 0 Å². The van der Waals surface area contributed by atoms with Crippen molar-refractivity contribution in [2.45, 2.75) is 212 Å². The molecule has 326 valence electrons. The quantitative estimate of drug-likeness (QED) is 0.0211. The van der Waals surface area contributed by atoms with Crippen LogP contribution in [-0.4, -0.2) is 81.2 Å². The van der Waals surface area contributed by atoms with Gasteiger partial charge in [0.2, 0.25) is 0 Å². The summed E-state index contributed by atoms with van der Waals surface area (Å²) in [5.74, 6) is -0.878. The van der Waals surface area contributed by atoms with E-state index in [1.807, 2.05) is 21.1 Å². The van der Waals surface area contributed by atoms with Gasteiger partial charge in [0.25, 0.3) is 7.82 Å². The molecule has 0 aliphatic carbocycles. The number of phosphoric ester groups is 1. The third-order valence-electron chi connectivity index (χ3n) is 9.86. The van der Waals surface area contributed by atoms with E-state index in [4.69, 9.17) is 18.5 Å². The maximum atomic E-state index is 12.7. The summed E-state index contributed by atoms with van der Waals surface area (Å²) in [6.07, 6.45) is 33.9. The average Bonchev–Trinajstić information content (AvgIpc) is 3.13. The molecule has 11 heteroatoms. The van der Waals surface area contributed by atoms with Crippen LogP contribution in [0.5, 0.6) is 0 Å². The molecular formula is C44H86NO9P. The van der Waals surface area contributed by atoms with E-state index in [-0.39, 0.29) is 32.2 Å². The molecule has 10 nitrogen and oxygen atoms in total. The highest BCUT2D eigenvalue weighted by atomic mass is 31.2. The average molecular weight is 804 g/mol. The lowest BCUT2D eigenvalue weighted by atomic mass is 10.0. The Morgan fingerprint density at radius 2 is 1.11 bits per heavy atom. The standard InChI is InChI=1S/C44H86NO9P/c1-6-8-10-12-14-15-16-17-18-19-20-21-22-27-31-35-43(47)51-39-42(40-53-55(49,50)52-38-37-45(3,4)5)54-44(48)36-32-28-24-23-26-30-34-41(46)33-29-25-13-11-9-7-2/h25,29,41-42,46H,6-24,26-28,30-40H2,1-5H3/b29-25+. The molecule has 1 N–H and O–H groups in total. The molecule has 3 unspecified atom stereocenters. The molecule has 0 aromatic rings. The van der Waals surface area contributed by atoms with Crippen LogP contribution < -0.4 is 4.89 Å². The fraction of sp³-hybridized carbons (Fsp3) is 0.909. The largest absolute Gasteiger partial charge is 0.756 e. The van der Waals surface area contributed by atoms with E-state index < -0.39 is 32.5 Å². The minimum Gasteiger partial charge on any atom is -0.756 e. The molecule has 0 spiro atoms. The summed E-state index contributed by atoms with van der Waals surface area (Å²) in [5, 5.41) is 10.2. The van der Waals surface area contributed by atoms with Crippen LogP contribution in [0, 0.1) is 0 Å². The van der Waals surface area contributed by atoms with Gasteiger partial charge in [-0.2, -0.15) is 0 Å². The Hall–Kier alpha value is -1.29. The molecule has 0 heterocycles. The Balaban J connectivity index is 4.38. The zero-order valence-electron chi connectivity index (χ0n) is 36.3. The SMILES string of the molecule is CCCCC/C=C/CC(O)CCCCCCCCC(=O)OC(COC(=O)CCCCCCCCCCCCCCCCC)COP(=O)([O-])OCC[N+](C)(C)C. The van der Waals surface area contributed by atoms with Gasteiger partial charge in [0, 0.05) is 12.8 Å². The number of unbranched alkanes of at least 4 members (excludes halogenated alkanes) is 22. The van der Waals surface area contributed by atoms with Gasteiger partial charge in [0.15, 0.2) is 6.10 Å². The number of rotatable bonds is 41. The molecular weight excluding hydrogens is 717 g/mol. The normalized spacial score (nSPS) is 14.2. The molecule has 0 bridgehead atoms. The van der Waals surface area contributed by atoms with Crippen LogP contribution in [-0.2, 0) is 32.7 Å². The number of nitrogens with zero attached hydrogens (tertiary/aromatic N) is 1. The second-order valence-corrected chi connectivity index (χ2v) is 18.0. The number of carbonyl (C=O) groups is 2. The van der Waals surface area contributed by atoms with Gasteiger partial charge < -0.3 is 33.0 Å². The molecule has 55 heavy (non-hydrogen) atoms. The Kier molecular flexibility index (Phi) is 36.1. The van der Waals surface area contributed by atoms with Gasteiger partial charge in [0.1, 0.15) is 19.8 Å². The first-order chi connectivity index (χ1) is 26.4. The lowest BCUT2D eigenvalue weighted by Gasteiger charge is -2.28. The van der Waals surface area contributed by atoms with Gasteiger partial charge in [-0.1, -0.05) is 161 Å². The Bertz CT molecular complexity index is 971. The Labute approximate surface area is 338 Å².